The molecule has 0 aromatic heterocycles. The molecule has 0 saturated carbocycles. The Kier molecular flexibility index (Phi) is 11.4. The summed E-state index contributed by atoms with van der Waals surface area (Å²) in [5, 5.41) is 2.68. The van der Waals surface area contributed by atoms with Crippen LogP contribution in [0, 0.1) is 5.92 Å². The van der Waals surface area contributed by atoms with Crippen LogP contribution in [0.25, 0.3) is 0 Å². The first-order valence-corrected chi connectivity index (χ1v) is 6.16. The SMILES string of the molecule is CCOCCOCCOCNC(=O)CC(C)C. The van der Waals surface area contributed by atoms with E-state index < -0.39 is 0 Å². The van der Waals surface area contributed by atoms with E-state index in [2.05, 4.69) is 5.32 Å². The molecule has 0 aliphatic heterocycles. The second-order valence-corrected chi connectivity index (χ2v) is 4.06. The fourth-order valence-corrected chi connectivity index (χ4v) is 1.13. The molecule has 0 spiro atoms. The zero-order chi connectivity index (χ0) is 12.9. The fraction of sp³-hybridized carbons (Fsp3) is 0.917. The minimum absolute atomic E-state index is 0.0252. The topological polar surface area (TPSA) is 56.8 Å². The van der Waals surface area contributed by atoms with Gasteiger partial charge in [0.15, 0.2) is 0 Å². The molecule has 0 rings (SSSR count). The Morgan fingerprint density at radius 1 is 1.06 bits per heavy atom. The Labute approximate surface area is 104 Å². The Morgan fingerprint density at radius 2 is 1.65 bits per heavy atom. The molecule has 0 atom stereocenters. The number of amides is 1. The normalized spacial score (nSPS) is 10.8. The van der Waals surface area contributed by atoms with Gasteiger partial charge in [-0.1, -0.05) is 13.8 Å². The highest BCUT2D eigenvalue weighted by atomic mass is 16.5. The Hall–Kier alpha value is -0.650. The first-order chi connectivity index (χ1) is 8.16. The highest BCUT2D eigenvalue weighted by Crippen LogP contribution is 1.97. The van der Waals surface area contributed by atoms with Gasteiger partial charge in [-0.05, 0) is 12.8 Å². The summed E-state index contributed by atoms with van der Waals surface area (Å²) in [5.41, 5.74) is 0. The van der Waals surface area contributed by atoms with Gasteiger partial charge in [0.05, 0.1) is 26.4 Å². The average molecular weight is 247 g/mol. The van der Waals surface area contributed by atoms with E-state index in [1.807, 2.05) is 20.8 Å². The van der Waals surface area contributed by atoms with Crippen molar-refractivity contribution >= 4 is 5.91 Å². The number of hydrogen-bond donors (Lipinski definition) is 1. The Bertz CT molecular complexity index is 185. The molecule has 0 aromatic carbocycles. The van der Waals surface area contributed by atoms with Crippen LogP contribution in [0.5, 0.6) is 0 Å². The van der Waals surface area contributed by atoms with E-state index in [-0.39, 0.29) is 12.6 Å². The van der Waals surface area contributed by atoms with Crippen LogP contribution >= 0.6 is 0 Å². The van der Waals surface area contributed by atoms with Gasteiger partial charge < -0.3 is 19.5 Å². The number of ether oxygens (including phenoxy) is 3. The zero-order valence-corrected chi connectivity index (χ0v) is 11.2. The maximum atomic E-state index is 11.2. The van der Waals surface area contributed by atoms with Crippen LogP contribution in [0.1, 0.15) is 27.2 Å². The largest absolute Gasteiger partial charge is 0.379 e. The number of carbonyl (C=O) groups excluding carboxylic acids is 1. The van der Waals surface area contributed by atoms with Gasteiger partial charge in [0.25, 0.3) is 0 Å². The quantitative estimate of drug-likeness (QED) is 0.440. The first kappa shape index (κ1) is 16.4. The molecule has 0 aromatic rings. The van der Waals surface area contributed by atoms with Crippen LogP contribution < -0.4 is 5.32 Å². The van der Waals surface area contributed by atoms with E-state index in [1.165, 1.54) is 0 Å². The zero-order valence-electron chi connectivity index (χ0n) is 11.2. The fourth-order valence-electron chi connectivity index (χ4n) is 1.13. The molecule has 1 amide bonds. The molecule has 0 radical (unpaired) electrons. The lowest BCUT2D eigenvalue weighted by molar-refractivity contribution is -0.123. The van der Waals surface area contributed by atoms with Gasteiger partial charge in [-0.3, -0.25) is 4.79 Å². The summed E-state index contributed by atoms with van der Waals surface area (Å²) in [6.45, 7) is 9.12. The smallest absolute Gasteiger partial charge is 0.222 e. The number of rotatable bonds is 11. The molecule has 17 heavy (non-hydrogen) atoms. The molecule has 0 aliphatic carbocycles. The number of hydrogen-bond acceptors (Lipinski definition) is 4. The highest BCUT2D eigenvalue weighted by molar-refractivity contribution is 5.75. The molecule has 1 N–H and O–H groups in total. The maximum absolute atomic E-state index is 11.2. The summed E-state index contributed by atoms with van der Waals surface area (Å²) >= 11 is 0. The van der Waals surface area contributed by atoms with E-state index >= 15 is 0 Å². The van der Waals surface area contributed by atoms with Crippen molar-refractivity contribution in [1.82, 2.24) is 5.32 Å². The van der Waals surface area contributed by atoms with Crippen molar-refractivity contribution in [2.45, 2.75) is 27.2 Å². The second kappa shape index (κ2) is 11.8. The molecular formula is C12H25NO4. The van der Waals surface area contributed by atoms with Gasteiger partial charge in [-0.2, -0.15) is 0 Å². The lowest BCUT2D eigenvalue weighted by atomic mass is 10.1. The van der Waals surface area contributed by atoms with Crippen LogP contribution in [0.4, 0.5) is 0 Å². The van der Waals surface area contributed by atoms with Gasteiger partial charge in [0.1, 0.15) is 6.73 Å². The van der Waals surface area contributed by atoms with Crippen molar-refractivity contribution in [2.24, 2.45) is 5.92 Å². The van der Waals surface area contributed by atoms with E-state index in [0.29, 0.717) is 45.4 Å². The second-order valence-electron chi connectivity index (χ2n) is 4.06. The summed E-state index contributed by atoms with van der Waals surface area (Å²) in [4.78, 5) is 11.2. The van der Waals surface area contributed by atoms with Gasteiger partial charge >= 0.3 is 0 Å². The minimum atomic E-state index is 0.0252. The monoisotopic (exact) mass is 247 g/mol. The average Bonchev–Trinajstić information content (AvgIpc) is 2.26. The highest BCUT2D eigenvalue weighted by Gasteiger charge is 2.02. The van der Waals surface area contributed by atoms with Crippen LogP contribution in [-0.2, 0) is 19.0 Å². The third kappa shape index (κ3) is 13.3. The van der Waals surface area contributed by atoms with Crippen molar-refractivity contribution < 1.29 is 19.0 Å². The van der Waals surface area contributed by atoms with Crippen LogP contribution in [0.15, 0.2) is 0 Å². The molecular weight excluding hydrogens is 222 g/mol. The summed E-state index contributed by atoms with van der Waals surface area (Å²) in [6.07, 6.45) is 0.536. The summed E-state index contributed by atoms with van der Waals surface area (Å²) in [7, 11) is 0. The predicted octanol–water partition coefficient (Wildman–Crippen LogP) is 1.18. The van der Waals surface area contributed by atoms with Crippen molar-refractivity contribution in [3.8, 4) is 0 Å². The van der Waals surface area contributed by atoms with Crippen LogP contribution in [-0.4, -0.2) is 45.7 Å². The third-order valence-electron chi connectivity index (χ3n) is 1.91. The predicted molar refractivity (Wildman–Crippen MR) is 65.7 cm³/mol. The van der Waals surface area contributed by atoms with E-state index in [0.717, 1.165) is 0 Å². The van der Waals surface area contributed by atoms with Crippen molar-refractivity contribution in [3.63, 3.8) is 0 Å². The van der Waals surface area contributed by atoms with Gasteiger partial charge in [-0.25, -0.2) is 0 Å². The number of nitrogens with one attached hydrogen (secondary N) is 1. The molecule has 102 valence electrons. The number of carbonyl (C=O) groups is 1. The Balaban J connectivity index is 3.10. The lowest BCUT2D eigenvalue weighted by Gasteiger charge is -2.08. The molecule has 0 fully saturated rings. The molecule has 5 heteroatoms. The molecule has 0 heterocycles. The molecule has 0 unspecified atom stereocenters. The lowest BCUT2D eigenvalue weighted by Crippen LogP contribution is -2.27. The van der Waals surface area contributed by atoms with Crippen molar-refractivity contribution in [1.29, 1.82) is 0 Å². The third-order valence-corrected chi connectivity index (χ3v) is 1.91. The maximum Gasteiger partial charge on any atom is 0.222 e. The summed E-state index contributed by atoms with van der Waals surface area (Å²) in [6, 6.07) is 0. The molecule has 5 nitrogen and oxygen atoms in total. The van der Waals surface area contributed by atoms with Crippen LogP contribution in [0.3, 0.4) is 0 Å². The molecule has 0 aliphatic rings. The standard InChI is InChI=1S/C12H25NO4/c1-4-15-5-6-16-7-8-17-10-13-12(14)9-11(2)3/h11H,4-10H2,1-3H3,(H,13,14). The van der Waals surface area contributed by atoms with Gasteiger partial charge in [-0.15, -0.1) is 0 Å². The van der Waals surface area contributed by atoms with Gasteiger partial charge in [0.2, 0.25) is 5.91 Å². The summed E-state index contributed by atoms with van der Waals surface area (Å²) < 4.78 is 15.5. The van der Waals surface area contributed by atoms with Crippen molar-refractivity contribution in [2.75, 3.05) is 39.8 Å². The molecule has 0 bridgehead atoms. The first-order valence-electron chi connectivity index (χ1n) is 6.16. The van der Waals surface area contributed by atoms with E-state index in [1.54, 1.807) is 0 Å². The summed E-state index contributed by atoms with van der Waals surface area (Å²) in [5.74, 6) is 0.397. The Morgan fingerprint density at radius 3 is 2.24 bits per heavy atom. The van der Waals surface area contributed by atoms with Crippen molar-refractivity contribution in [3.05, 3.63) is 0 Å². The van der Waals surface area contributed by atoms with E-state index in [4.69, 9.17) is 14.2 Å². The minimum Gasteiger partial charge on any atom is -0.379 e. The van der Waals surface area contributed by atoms with Gasteiger partial charge in [0, 0.05) is 13.0 Å². The van der Waals surface area contributed by atoms with Crippen LogP contribution in [0.2, 0.25) is 0 Å². The van der Waals surface area contributed by atoms with E-state index in [9.17, 15) is 4.79 Å². The molecule has 0 saturated heterocycles.